The van der Waals surface area contributed by atoms with Gasteiger partial charge >= 0.3 is 0 Å². The second-order valence-corrected chi connectivity index (χ2v) is 5.15. The summed E-state index contributed by atoms with van der Waals surface area (Å²) in [5.41, 5.74) is 2.50. The minimum absolute atomic E-state index is 0.307. The van der Waals surface area contributed by atoms with Crippen LogP contribution in [0.1, 0.15) is 18.1 Å². The molecule has 1 unspecified atom stereocenters. The Bertz CT molecular complexity index is 591. The van der Waals surface area contributed by atoms with Crippen LogP contribution in [0.5, 0.6) is 0 Å². The number of benzene rings is 2. The second-order valence-electron chi connectivity index (χ2n) is 5.15. The zero-order chi connectivity index (χ0) is 14.7. The summed E-state index contributed by atoms with van der Waals surface area (Å²) in [6.45, 7) is 3.66. The molecular formula is C17H19F2N. The Morgan fingerprint density at radius 3 is 2.25 bits per heavy atom. The monoisotopic (exact) mass is 275 g/mol. The topological polar surface area (TPSA) is 12.0 Å². The van der Waals surface area contributed by atoms with Crippen LogP contribution in [0.4, 0.5) is 8.78 Å². The van der Waals surface area contributed by atoms with Crippen LogP contribution in [0.2, 0.25) is 0 Å². The van der Waals surface area contributed by atoms with E-state index >= 15 is 0 Å². The van der Waals surface area contributed by atoms with Crippen molar-refractivity contribution in [3.63, 3.8) is 0 Å². The summed E-state index contributed by atoms with van der Waals surface area (Å²) in [5.74, 6) is -1.54. The molecule has 0 aliphatic heterocycles. The molecule has 0 saturated heterocycles. The van der Waals surface area contributed by atoms with E-state index < -0.39 is 11.6 Å². The second kappa shape index (κ2) is 6.14. The lowest BCUT2D eigenvalue weighted by Gasteiger charge is -2.11. The highest BCUT2D eigenvalue weighted by molar-refractivity contribution is 5.65. The maximum absolute atomic E-state index is 13.9. The summed E-state index contributed by atoms with van der Waals surface area (Å²) in [6.07, 6.45) is 0.904. The van der Waals surface area contributed by atoms with Crippen LogP contribution in [0.3, 0.4) is 0 Å². The van der Waals surface area contributed by atoms with Gasteiger partial charge in [-0.05, 0) is 44.0 Å². The third-order valence-electron chi connectivity index (χ3n) is 3.58. The Balaban J connectivity index is 2.29. The fourth-order valence-corrected chi connectivity index (χ4v) is 2.14. The standard InChI is InChI=1S/C17H19F2N/c1-11-4-9-15(17(19)16(11)18)14-7-5-13(6-8-14)10-12(2)20-3/h4-9,12,20H,10H2,1-3H3. The summed E-state index contributed by atoms with van der Waals surface area (Å²) < 4.78 is 27.5. The van der Waals surface area contributed by atoms with E-state index in [9.17, 15) is 8.78 Å². The predicted octanol–water partition coefficient (Wildman–Crippen LogP) is 4.09. The summed E-state index contributed by atoms with van der Waals surface area (Å²) in [5, 5.41) is 3.17. The average molecular weight is 275 g/mol. The minimum atomic E-state index is -0.777. The SMILES string of the molecule is CNC(C)Cc1ccc(-c2ccc(C)c(F)c2F)cc1. The van der Waals surface area contributed by atoms with Gasteiger partial charge in [0.2, 0.25) is 0 Å². The highest BCUT2D eigenvalue weighted by atomic mass is 19.2. The fraction of sp³-hybridized carbons (Fsp3) is 0.294. The molecule has 0 amide bonds. The molecule has 20 heavy (non-hydrogen) atoms. The van der Waals surface area contributed by atoms with Gasteiger partial charge in [0.1, 0.15) is 0 Å². The quantitative estimate of drug-likeness (QED) is 0.886. The number of hydrogen-bond donors (Lipinski definition) is 1. The van der Waals surface area contributed by atoms with Gasteiger partial charge in [-0.15, -0.1) is 0 Å². The molecule has 106 valence electrons. The van der Waals surface area contributed by atoms with E-state index in [-0.39, 0.29) is 0 Å². The van der Waals surface area contributed by atoms with Crippen molar-refractivity contribution in [3.05, 3.63) is 59.2 Å². The third kappa shape index (κ3) is 3.05. The molecule has 3 heteroatoms. The van der Waals surface area contributed by atoms with E-state index in [1.54, 1.807) is 19.1 Å². The number of nitrogens with one attached hydrogen (secondary N) is 1. The van der Waals surface area contributed by atoms with Gasteiger partial charge < -0.3 is 5.32 Å². The van der Waals surface area contributed by atoms with Gasteiger partial charge in [-0.1, -0.05) is 36.4 Å². The van der Waals surface area contributed by atoms with Crippen molar-refractivity contribution in [2.45, 2.75) is 26.3 Å². The summed E-state index contributed by atoms with van der Waals surface area (Å²) in [4.78, 5) is 0. The molecule has 2 aromatic rings. The van der Waals surface area contributed by atoms with Crippen LogP contribution >= 0.6 is 0 Å². The first kappa shape index (κ1) is 14.7. The fourth-order valence-electron chi connectivity index (χ4n) is 2.14. The van der Waals surface area contributed by atoms with Crippen LogP contribution in [0, 0.1) is 18.6 Å². The third-order valence-corrected chi connectivity index (χ3v) is 3.58. The number of aryl methyl sites for hydroxylation is 1. The highest BCUT2D eigenvalue weighted by Gasteiger charge is 2.12. The molecule has 0 heterocycles. The predicted molar refractivity (Wildman–Crippen MR) is 78.8 cm³/mol. The van der Waals surface area contributed by atoms with Crippen LogP contribution in [-0.2, 0) is 6.42 Å². The maximum Gasteiger partial charge on any atom is 0.166 e. The van der Waals surface area contributed by atoms with Gasteiger partial charge in [0, 0.05) is 11.6 Å². The molecule has 1 N–H and O–H groups in total. The Morgan fingerprint density at radius 2 is 1.65 bits per heavy atom. The smallest absolute Gasteiger partial charge is 0.166 e. The lowest BCUT2D eigenvalue weighted by Crippen LogP contribution is -2.23. The molecule has 0 radical (unpaired) electrons. The van der Waals surface area contributed by atoms with E-state index in [0.29, 0.717) is 22.7 Å². The zero-order valence-corrected chi connectivity index (χ0v) is 12.0. The first-order valence-electron chi connectivity index (χ1n) is 6.74. The van der Waals surface area contributed by atoms with Crippen molar-refractivity contribution in [1.29, 1.82) is 0 Å². The molecule has 0 bridgehead atoms. The van der Waals surface area contributed by atoms with E-state index in [1.165, 1.54) is 5.56 Å². The lowest BCUT2D eigenvalue weighted by atomic mass is 9.99. The number of halogens is 2. The minimum Gasteiger partial charge on any atom is -0.317 e. The summed E-state index contributed by atoms with van der Waals surface area (Å²) in [6, 6.07) is 11.2. The number of likely N-dealkylation sites (N-methyl/N-ethyl adjacent to an activating group) is 1. The van der Waals surface area contributed by atoms with Crippen LogP contribution in [0.25, 0.3) is 11.1 Å². The number of hydrogen-bond acceptors (Lipinski definition) is 1. The first-order chi connectivity index (χ1) is 9.52. The Morgan fingerprint density at radius 1 is 1.00 bits per heavy atom. The van der Waals surface area contributed by atoms with Crippen molar-refractivity contribution < 1.29 is 8.78 Å². The van der Waals surface area contributed by atoms with E-state index in [0.717, 1.165) is 6.42 Å². The van der Waals surface area contributed by atoms with Gasteiger partial charge in [-0.3, -0.25) is 0 Å². The largest absolute Gasteiger partial charge is 0.317 e. The molecular weight excluding hydrogens is 256 g/mol. The van der Waals surface area contributed by atoms with Crippen LogP contribution in [0.15, 0.2) is 36.4 Å². The summed E-state index contributed by atoms with van der Waals surface area (Å²) in [7, 11) is 1.92. The molecule has 0 aliphatic rings. The molecule has 0 aromatic heterocycles. The number of rotatable bonds is 4. The van der Waals surface area contributed by atoms with Gasteiger partial charge in [-0.2, -0.15) is 0 Å². The van der Waals surface area contributed by atoms with Gasteiger partial charge in [0.05, 0.1) is 0 Å². The van der Waals surface area contributed by atoms with E-state index in [1.807, 2.05) is 31.3 Å². The lowest BCUT2D eigenvalue weighted by molar-refractivity contribution is 0.505. The molecule has 1 nitrogen and oxygen atoms in total. The van der Waals surface area contributed by atoms with E-state index in [4.69, 9.17) is 0 Å². The van der Waals surface area contributed by atoms with Crippen molar-refractivity contribution in [2.24, 2.45) is 0 Å². The molecule has 0 fully saturated rings. The zero-order valence-electron chi connectivity index (χ0n) is 12.0. The molecule has 2 aromatic carbocycles. The Hall–Kier alpha value is -1.74. The normalized spacial score (nSPS) is 12.4. The summed E-state index contributed by atoms with van der Waals surface area (Å²) >= 11 is 0. The van der Waals surface area contributed by atoms with Crippen molar-refractivity contribution in [2.75, 3.05) is 7.05 Å². The van der Waals surface area contributed by atoms with Crippen molar-refractivity contribution >= 4 is 0 Å². The molecule has 0 aliphatic carbocycles. The highest BCUT2D eigenvalue weighted by Crippen LogP contribution is 2.26. The average Bonchev–Trinajstić information content (AvgIpc) is 2.46. The Labute approximate surface area is 118 Å². The first-order valence-corrected chi connectivity index (χ1v) is 6.74. The van der Waals surface area contributed by atoms with Crippen molar-refractivity contribution in [3.8, 4) is 11.1 Å². The van der Waals surface area contributed by atoms with Gasteiger partial charge in [-0.25, -0.2) is 8.78 Å². The Kier molecular flexibility index (Phi) is 4.50. The van der Waals surface area contributed by atoms with Gasteiger partial charge in [0.15, 0.2) is 11.6 Å². The van der Waals surface area contributed by atoms with Crippen LogP contribution < -0.4 is 5.32 Å². The van der Waals surface area contributed by atoms with Gasteiger partial charge in [0.25, 0.3) is 0 Å². The molecule has 2 rings (SSSR count). The van der Waals surface area contributed by atoms with Crippen LogP contribution in [-0.4, -0.2) is 13.1 Å². The molecule has 1 atom stereocenters. The molecule has 0 spiro atoms. The van der Waals surface area contributed by atoms with E-state index in [2.05, 4.69) is 12.2 Å². The maximum atomic E-state index is 13.9. The molecule has 0 saturated carbocycles. The van der Waals surface area contributed by atoms with Crippen molar-refractivity contribution in [1.82, 2.24) is 5.32 Å².